The molecule has 0 radical (unpaired) electrons. The van der Waals surface area contributed by atoms with Gasteiger partial charge in [-0.15, -0.1) is 12.4 Å². The number of aryl methyl sites for hydroxylation is 1. The summed E-state index contributed by atoms with van der Waals surface area (Å²) in [4.78, 5) is 2.47. The van der Waals surface area contributed by atoms with Crippen molar-refractivity contribution in [2.24, 2.45) is 5.10 Å². The molecule has 1 aromatic carbocycles. The van der Waals surface area contributed by atoms with Gasteiger partial charge in [-0.25, -0.2) is 0 Å². The quantitative estimate of drug-likeness (QED) is 0.811. The predicted octanol–water partition coefficient (Wildman–Crippen LogP) is 3.16. The van der Waals surface area contributed by atoms with Crippen molar-refractivity contribution in [3.05, 3.63) is 59.5 Å². The Balaban J connectivity index is 0.00000176. The maximum atomic E-state index is 5.49. The standard InChI is InChI=1S/C17H21N3O.ClH/c1-15-7-8-17(21-15)13-18-20-11-9-19(10-12-20)14-16-5-3-2-4-6-16;/h2-8,13H,9-12,14H2,1H3;1H/b18-13+;. The second-order valence-electron chi connectivity index (χ2n) is 5.41. The Bertz CT molecular complexity index is 589. The lowest BCUT2D eigenvalue weighted by Crippen LogP contribution is -2.43. The van der Waals surface area contributed by atoms with E-state index >= 15 is 0 Å². The Labute approximate surface area is 137 Å². The lowest BCUT2D eigenvalue weighted by Gasteiger charge is -2.32. The van der Waals surface area contributed by atoms with Gasteiger partial charge >= 0.3 is 0 Å². The Morgan fingerprint density at radius 1 is 1.05 bits per heavy atom. The Kier molecular flexibility index (Phi) is 6.04. The Morgan fingerprint density at radius 3 is 2.41 bits per heavy atom. The molecule has 0 unspecified atom stereocenters. The molecule has 1 aliphatic rings. The molecule has 3 rings (SSSR count). The number of hydrazone groups is 1. The molecule has 22 heavy (non-hydrogen) atoms. The molecule has 1 fully saturated rings. The van der Waals surface area contributed by atoms with Crippen molar-refractivity contribution in [2.45, 2.75) is 13.5 Å². The number of furan rings is 1. The topological polar surface area (TPSA) is 32.0 Å². The van der Waals surface area contributed by atoms with Crippen LogP contribution in [0.15, 0.2) is 52.0 Å². The molecule has 0 amide bonds. The first-order chi connectivity index (χ1) is 10.3. The summed E-state index contributed by atoms with van der Waals surface area (Å²) in [7, 11) is 0. The summed E-state index contributed by atoms with van der Waals surface area (Å²) < 4.78 is 5.49. The third-order valence-corrected chi connectivity index (χ3v) is 3.71. The molecule has 0 saturated carbocycles. The van der Waals surface area contributed by atoms with E-state index in [1.807, 2.05) is 19.1 Å². The molecule has 0 spiro atoms. The lowest BCUT2D eigenvalue weighted by atomic mass is 10.2. The molecule has 0 bridgehead atoms. The van der Waals surface area contributed by atoms with Gasteiger partial charge in [-0.3, -0.25) is 9.91 Å². The molecular formula is C17H22ClN3O. The molecule has 1 aromatic heterocycles. The van der Waals surface area contributed by atoms with E-state index in [2.05, 4.69) is 45.3 Å². The first-order valence-electron chi connectivity index (χ1n) is 7.41. The number of hydrogen-bond donors (Lipinski definition) is 0. The molecule has 0 aliphatic carbocycles. The van der Waals surface area contributed by atoms with Crippen molar-refractivity contribution in [3.8, 4) is 0 Å². The fraction of sp³-hybridized carbons (Fsp3) is 0.353. The molecule has 0 atom stereocenters. The fourth-order valence-corrected chi connectivity index (χ4v) is 2.51. The molecule has 2 aromatic rings. The first kappa shape index (κ1) is 16.6. The van der Waals surface area contributed by atoms with E-state index < -0.39 is 0 Å². The summed E-state index contributed by atoms with van der Waals surface area (Å²) in [5.74, 6) is 1.74. The third-order valence-electron chi connectivity index (χ3n) is 3.71. The maximum Gasteiger partial charge on any atom is 0.147 e. The van der Waals surface area contributed by atoms with Crippen LogP contribution in [-0.4, -0.2) is 42.3 Å². The minimum atomic E-state index is 0. The fourth-order valence-electron chi connectivity index (χ4n) is 2.51. The lowest BCUT2D eigenvalue weighted by molar-refractivity contribution is 0.131. The van der Waals surface area contributed by atoms with Crippen molar-refractivity contribution < 1.29 is 4.42 Å². The van der Waals surface area contributed by atoms with Gasteiger partial charge in [0.2, 0.25) is 0 Å². The van der Waals surface area contributed by atoms with Crippen LogP contribution < -0.4 is 0 Å². The van der Waals surface area contributed by atoms with E-state index in [9.17, 15) is 0 Å². The monoisotopic (exact) mass is 319 g/mol. The van der Waals surface area contributed by atoms with Crippen LogP contribution in [0, 0.1) is 6.92 Å². The number of hydrogen-bond acceptors (Lipinski definition) is 4. The summed E-state index contributed by atoms with van der Waals surface area (Å²) in [6.45, 7) is 6.98. The zero-order valence-corrected chi connectivity index (χ0v) is 13.6. The number of benzene rings is 1. The van der Waals surface area contributed by atoms with E-state index in [-0.39, 0.29) is 12.4 Å². The second-order valence-corrected chi connectivity index (χ2v) is 5.41. The smallest absolute Gasteiger partial charge is 0.147 e. The molecule has 1 saturated heterocycles. The average molecular weight is 320 g/mol. The number of halogens is 1. The number of piperazine rings is 1. The van der Waals surface area contributed by atoms with E-state index in [0.717, 1.165) is 44.2 Å². The number of nitrogens with zero attached hydrogens (tertiary/aromatic N) is 3. The SMILES string of the molecule is Cc1ccc(/C=N/N2CCN(Cc3ccccc3)CC2)o1.Cl. The van der Waals surface area contributed by atoms with Crippen molar-refractivity contribution in [2.75, 3.05) is 26.2 Å². The van der Waals surface area contributed by atoms with Crippen molar-refractivity contribution in [1.29, 1.82) is 0 Å². The summed E-state index contributed by atoms with van der Waals surface area (Å²) in [6, 6.07) is 14.5. The highest BCUT2D eigenvalue weighted by Crippen LogP contribution is 2.09. The van der Waals surface area contributed by atoms with Crippen LogP contribution in [0.5, 0.6) is 0 Å². The molecule has 0 N–H and O–H groups in total. The zero-order chi connectivity index (χ0) is 14.5. The third kappa shape index (κ3) is 4.61. The minimum Gasteiger partial charge on any atom is -0.460 e. The summed E-state index contributed by atoms with van der Waals surface area (Å²) >= 11 is 0. The van der Waals surface area contributed by atoms with Crippen LogP contribution in [0.1, 0.15) is 17.1 Å². The second kappa shape index (κ2) is 8.01. The molecule has 118 valence electrons. The first-order valence-corrected chi connectivity index (χ1v) is 7.41. The van der Waals surface area contributed by atoms with Gasteiger partial charge in [0, 0.05) is 32.7 Å². The van der Waals surface area contributed by atoms with Crippen LogP contribution >= 0.6 is 12.4 Å². The summed E-state index contributed by atoms with van der Waals surface area (Å²) in [6.07, 6.45) is 1.81. The highest BCUT2D eigenvalue weighted by molar-refractivity contribution is 5.85. The maximum absolute atomic E-state index is 5.49. The van der Waals surface area contributed by atoms with Crippen molar-refractivity contribution >= 4 is 18.6 Å². The normalized spacial score (nSPS) is 16.0. The van der Waals surface area contributed by atoms with Crippen LogP contribution in [0.4, 0.5) is 0 Å². The molecular weight excluding hydrogens is 298 g/mol. The molecule has 2 heterocycles. The van der Waals surface area contributed by atoms with Crippen LogP contribution in [0.3, 0.4) is 0 Å². The van der Waals surface area contributed by atoms with Crippen LogP contribution in [0.2, 0.25) is 0 Å². The van der Waals surface area contributed by atoms with Crippen LogP contribution in [-0.2, 0) is 6.54 Å². The average Bonchev–Trinajstić information content (AvgIpc) is 2.93. The van der Waals surface area contributed by atoms with Gasteiger partial charge in [0.1, 0.15) is 11.5 Å². The summed E-state index contributed by atoms with van der Waals surface area (Å²) in [5, 5.41) is 6.61. The Hall–Kier alpha value is -1.78. The Morgan fingerprint density at radius 2 is 1.77 bits per heavy atom. The van der Waals surface area contributed by atoms with Crippen LogP contribution in [0.25, 0.3) is 0 Å². The van der Waals surface area contributed by atoms with Gasteiger partial charge in [0.15, 0.2) is 0 Å². The van der Waals surface area contributed by atoms with E-state index in [1.54, 1.807) is 6.21 Å². The molecule has 1 aliphatic heterocycles. The van der Waals surface area contributed by atoms with Crippen molar-refractivity contribution in [3.63, 3.8) is 0 Å². The van der Waals surface area contributed by atoms with Gasteiger partial charge in [0.05, 0.1) is 6.21 Å². The highest BCUT2D eigenvalue weighted by atomic mass is 35.5. The highest BCUT2D eigenvalue weighted by Gasteiger charge is 2.15. The van der Waals surface area contributed by atoms with E-state index in [0.29, 0.717) is 0 Å². The van der Waals surface area contributed by atoms with E-state index in [1.165, 1.54) is 5.56 Å². The van der Waals surface area contributed by atoms with Gasteiger partial charge in [-0.2, -0.15) is 5.10 Å². The largest absolute Gasteiger partial charge is 0.460 e. The summed E-state index contributed by atoms with van der Waals surface area (Å²) in [5.41, 5.74) is 1.38. The van der Waals surface area contributed by atoms with Gasteiger partial charge in [-0.1, -0.05) is 30.3 Å². The zero-order valence-electron chi connectivity index (χ0n) is 12.8. The molecule has 5 heteroatoms. The van der Waals surface area contributed by atoms with Gasteiger partial charge in [0.25, 0.3) is 0 Å². The predicted molar refractivity (Wildman–Crippen MR) is 91.6 cm³/mol. The number of rotatable bonds is 4. The minimum absolute atomic E-state index is 0. The van der Waals surface area contributed by atoms with Gasteiger partial charge in [-0.05, 0) is 24.6 Å². The molecule has 4 nitrogen and oxygen atoms in total. The van der Waals surface area contributed by atoms with E-state index in [4.69, 9.17) is 4.42 Å². The van der Waals surface area contributed by atoms with Crippen molar-refractivity contribution in [1.82, 2.24) is 9.91 Å². The van der Waals surface area contributed by atoms with Gasteiger partial charge < -0.3 is 4.42 Å².